The number of ether oxygens (including phenoxy) is 1. The number of cyclic esters (lactones) is 1. The first kappa shape index (κ1) is 26.6. The lowest BCUT2D eigenvalue weighted by Gasteiger charge is -2.34. The summed E-state index contributed by atoms with van der Waals surface area (Å²) >= 11 is 0. The maximum Gasteiger partial charge on any atom is 0.417 e. The molecule has 4 rings (SSSR count). The molecule has 1 heterocycles. The number of hydrogen-bond donors (Lipinski definition) is 0. The van der Waals surface area contributed by atoms with E-state index in [1.165, 1.54) is 16.0 Å². The summed E-state index contributed by atoms with van der Waals surface area (Å²) in [6.07, 6.45) is 0.0128. The highest BCUT2D eigenvalue weighted by atomic mass is 16.6. The van der Waals surface area contributed by atoms with Crippen molar-refractivity contribution in [3.05, 3.63) is 108 Å². The number of nitrogens with zero attached hydrogens (tertiary/aromatic N) is 2. The van der Waals surface area contributed by atoms with Crippen LogP contribution in [0.5, 0.6) is 0 Å². The molecule has 1 aliphatic heterocycles. The van der Waals surface area contributed by atoms with E-state index < -0.39 is 17.6 Å². The summed E-state index contributed by atoms with van der Waals surface area (Å²) in [5.74, 6) is -0.491. The van der Waals surface area contributed by atoms with Crippen molar-refractivity contribution in [2.45, 2.75) is 58.8 Å². The van der Waals surface area contributed by atoms with E-state index in [4.69, 9.17) is 4.74 Å². The van der Waals surface area contributed by atoms with Crippen LogP contribution < -0.4 is 0 Å². The number of imide groups is 1. The number of carbonyl (C=O) groups is 2. The minimum absolute atomic E-state index is 0.0764. The molecule has 0 saturated carbocycles. The molecule has 1 aliphatic rings. The second kappa shape index (κ2) is 11.7. The molecule has 2 amide bonds. The van der Waals surface area contributed by atoms with Crippen LogP contribution in [0.25, 0.3) is 0 Å². The van der Waals surface area contributed by atoms with Gasteiger partial charge in [-0.15, -0.1) is 0 Å². The molecule has 0 aliphatic carbocycles. The van der Waals surface area contributed by atoms with E-state index in [-0.39, 0.29) is 17.9 Å². The maximum atomic E-state index is 14.2. The fraction of sp³-hybridized carbons (Fsp3) is 0.375. The zero-order chi connectivity index (χ0) is 26.4. The zero-order valence-electron chi connectivity index (χ0n) is 22.3. The first-order valence-electron chi connectivity index (χ1n) is 13.1. The van der Waals surface area contributed by atoms with Crippen molar-refractivity contribution in [3.8, 4) is 0 Å². The monoisotopic (exact) mass is 498 g/mol. The molecule has 3 aromatic carbocycles. The van der Waals surface area contributed by atoms with Crippen LogP contribution in [0, 0.1) is 11.8 Å². The molecular weight excluding hydrogens is 460 g/mol. The van der Waals surface area contributed by atoms with Gasteiger partial charge in [-0.3, -0.25) is 9.69 Å². The molecule has 0 aromatic heterocycles. The van der Waals surface area contributed by atoms with Crippen LogP contribution in [0.4, 0.5) is 4.79 Å². The second-order valence-electron chi connectivity index (χ2n) is 10.9. The normalized spacial score (nSPS) is 17.7. The lowest BCUT2D eigenvalue weighted by Crippen LogP contribution is -2.51. The van der Waals surface area contributed by atoms with Crippen molar-refractivity contribution in [1.29, 1.82) is 0 Å². The molecule has 5 heteroatoms. The van der Waals surface area contributed by atoms with Crippen LogP contribution >= 0.6 is 0 Å². The summed E-state index contributed by atoms with van der Waals surface area (Å²) in [5.41, 5.74) is 2.72. The molecule has 0 N–H and O–H groups in total. The van der Waals surface area contributed by atoms with Crippen LogP contribution in [0.2, 0.25) is 0 Å². The highest BCUT2D eigenvalue weighted by molar-refractivity contribution is 5.95. The van der Waals surface area contributed by atoms with Gasteiger partial charge in [0.2, 0.25) is 5.91 Å². The van der Waals surface area contributed by atoms with Gasteiger partial charge in [0.1, 0.15) is 5.60 Å². The molecular formula is C32H38N2O3. The smallest absolute Gasteiger partial charge is 0.417 e. The summed E-state index contributed by atoms with van der Waals surface area (Å²) < 4.78 is 5.71. The third kappa shape index (κ3) is 6.66. The molecule has 1 fully saturated rings. The SMILES string of the molecule is CC(C)[C@@H]1N(C(=O)[C@@H](Cc2ccccc2)CN(Cc2ccccc2)Cc2ccccc2)C(=O)OC1(C)C. The first-order chi connectivity index (χ1) is 17.7. The third-order valence-corrected chi connectivity index (χ3v) is 7.06. The summed E-state index contributed by atoms with van der Waals surface area (Å²) in [7, 11) is 0. The van der Waals surface area contributed by atoms with Gasteiger partial charge in [-0.25, -0.2) is 9.69 Å². The maximum absolute atomic E-state index is 14.2. The van der Waals surface area contributed by atoms with Gasteiger partial charge in [0, 0.05) is 19.6 Å². The zero-order valence-corrected chi connectivity index (χ0v) is 22.3. The minimum Gasteiger partial charge on any atom is -0.441 e. The Labute approximate surface area is 221 Å². The van der Waals surface area contributed by atoms with E-state index in [1.54, 1.807) is 0 Å². The molecule has 3 aromatic rings. The fourth-order valence-corrected chi connectivity index (χ4v) is 5.59. The summed E-state index contributed by atoms with van der Waals surface area (Å²) in [6.45, 7) is 9.80. The van der Waals surface area contributed by atoms with E-state index >= 15 is 0 Å². The van der Waals surface area contributed by atoms with E-state index in [2.05, 4.69) is 29.2 Å². The lowest BCUT2D eigenvalue weighted by molar-refractivity contribution is -0.135. The van der Waals surface area contributed by atoms with Gasteiger partial charge in [0.15, 0.2) is 0 Å². The van der Waals surface area contributed by atoms with Gasteiger partial charge in [0.25, 0.3) is 0 Å². The van der Waals surface area contributed by atoms with Gasteiger partial charge >= 0.3 is 6.09 Å². The van der Waals surface area contributed by atoms with Gasteiger partial charge < -0.3 is 4.74 Å². The Bertz CT molecular complexity index is 1120. The van der Waals surface area contributed by atoms with E-state index in [0.717, 1.165) is 5.56 Å². The van der Waals surface area contributed by atoms with Crippen LogP contribution in [0.15, 0.2) is 91.0 Å². The Hall–Kier alpha value is -3.44. The molecule has 0 radical (unpaired) electrons. The van der Waals surface area contributed by atoms with Gasteiger partial charge in [-0.2, -0.15) is 0 Å². The number of hydrogen-bond acceptors (Lipinski definition) is 4. The van der Waals surface area contributed by atoms with Crippen LogP contribution in [-0.2, 0) is 29.0 Å². The van der Waals surface area contributed by atoms with Gasteiger partial charge in [-0.1, -0.05) is 105 Å². The minimum atomic E-state index is -0.730. The molecule has 2 atom stereocenters. The third-order valence-electron chi connectivity index (χ3n) is 7.06. The predicted octanol–water partition coefficient (Wildman–Crippen LogP) is 6.33. The van der Waals surface area contributed by atoms with Crippen molar-refractivity contribution < 1.29 is 14.3 Å². The van der Waals surface area contributed by atoms with Crippen molar-refractivity contribution in [1.82, 2.24) is 9.80 Å². The molecule has 0 bridgehead atoms. The Balaban J connectivity index is 1.66. The predicted molar refractivity (Wildman–Crippen MR) is 147 cm³/mol. The van der Waals surface area contributed by atoms with Crippen LogP contribution in [0.1, 0.15) is 44.4 Å². The molecule has 37 heavy (non-hydrogen) atoms. The number of benzene rings is 3. The van der Waals surface area contributed by atoms with Crippen LogP contribution in [-0.4, -0.2) is 40.0 Å². The number of carbonyl (C=O) groups excluding carboxylic acids is 2. The molecule has 0 spiro atoms. The van der Waals surface area contributed by atoms with E-state index in [9.17, 15) is 9.59 Å². The summed E-state index contributed by atoms with van der Waals surface area (Å²) in [5, 5.41) is 0. The average molecular weight is 499 g/mol. The lowest BCUT2D eigenvalue weighted by atomic mass is 9.87. The van der Waals surface area contributed by atoms with E-state index in [1.807, 2.05) is 94.4 Å². The number of rotatable bonds is 10. The first-order valence-corrected chi connectivity index (χ1v) is 13.1. The Kier molecular flexibility index (Phi) is 8.45. The quantitative estimate of drug-likeness (QED) is 0.328. The van der Waals surface area contributed by atoms with Crippen molar-refractivity contribution in [2.24, 2.45) is 11.8 Å². The Morgan fingerprint density at radius 3 is 1.76 bits per heavy atom. The van der Waals surface area contributed by atoms with Crippen molar-refractivity contribution in [2.75, 3.05) is 6.54 Å². The summed E-state index contributed by atoms with van der Waals surface area (Å²) in [6, 6.07) is 30.4. The summed E-state index contributed by atoms with van der Waals surface area (Å²) in [4.78, 5) is 31.0. The average Bonchev–Trinajstić information content (AvgIpc) is 3.13. The number of amides is 2. The molecule has 5 nitrogen and oxygen atoms in total. The standard InChI is InChI=1S/C32H38N2O3/c1-24(2)29-32(3,4)37-31(36)34(29)30(35)28(20-25-14-8-5-9-15-25)23-33(21-26-16-10-6-11-17-26)22-27-18-12-7-13-19-27/h5-19,24,28-29H,20-23H2,1-4H3/t28-,29-/m0/s1. The van der Waals surface area contributed by atoms with Gasteiger partial charge in [0.05, 0.1) is 12.0 Å². The Morgan fingerprint density at radius 1 is 0.838 bits per heavy atom. The fourth-order valence-electron chi connectivity index (χ4n) is 5.59. The van der Waals surface area contributed by atoms with Gasteiger partial charge in [-0.05, 0) is 42.9 Å². The van der Waals surface area contributed by atoms with E-state index in [0.29, 0.717) is 26.1 Å². The topological polar surface area (TPSA) is 49.9 Å². The molecule has 194 valence electrons. The van der Waals surface area contributed by atoms with Crippen LogP contribution in [0.3, 0.4) is 0 Å². The van der Waals surface area contributed by atoms with Crippen molar-refractivity contribution in [3.63, 3.8) is 0 Å². The molecule has 0 unspecified atom stereocenters. The Morgan fingerprint density at radius 2 is 1.30 bits per heavy atom. The highest BCUT2D eigenvalue weighted by Gasteiger charge is 2.53. The van der Waals surface area contributed by atoms with Crippen molar-refractivity contribution >= 4 is 12.0 Å². The highest BCUT2D eigenvalue weighted by Crippen LogP contribution is 2.35. The second-order valence-corrected chi connectivity index (χ2v) is 10.9. The largest absolute Gasteiger partial charge is 0.441 e. The molecule has 1 saturated heterocycles.